The number of nitrogens with zero attached hydrogens (tertiary/aromatic N) is 2. The first kappa shape index (κ1) is 14.7. The molecule has 110 valence electrons. The molecule has 1 heterocycles. The van der Waals surface area contributed by atoms with E-state index in [1.54, 1.807) is 24.3 Å². The number of methoxy groups -OCH3 is 2. The number of anilines is 2. The average molecular weight is 308 g/mol. The monoisotopic (exact) mass is 308 g/mol. The number of benzene rings is 1. The Morgan fingerprint density at radius 3 is 2.76 bits per heavy atom. The van der Waals surface area contributed by atoms with E-state index in [1.807, 2.05) is 0 Å². The molecule has 0 atom stereocenters. The Morgan fingerprint density at radius 2 is 2.05 bits per heavy atom. The van der Waals surface area contributed by atoms with Gasteiger partial charge in [-0.05, 0) is 12.1 Å². The maximum atomic E-state index is 11.8. The van der Waals surface area contributed by atoms with Crippen LogP contribution in [0.3, 0.4) is 0 Å². The van der Waals surface area contributed by atoms with Crippen LogP contribution in [0.25, 0.3) is 0 Å². The summed E-state index contributed by atoms with van der Waals surface area (Å²) < 4.78 is 13.3. The third-order valence-electron chi connectivity index (χ3n) is 2.34. The van der Waals surface area contributed by atoms with E-state index in [-0.39, 0.29) is 11.0 Å². The van der Waals surface area contributed by atoms with Gasteiger partial charge in [0.15, 0.2) is 0 Å². The maximum Gasteiger partial charge on any atom is 0.377 e. The van der Waals surface area contributed by atoms with E-state index in [2.05, 4.69) is 24.7 Å². The maximum absolute atomic E-state index is 11.8. The van der Waals surface area contributed by atoms with Crippen molar-refractivity contribution in [3.05, 3.63) is 30.1 Å². The van der Waals surface area contributed by atoms with Crippen LogP contribution in [0.1, 0.15) is 10.6 Å². The molecule has 9 heteroatoms. The van der Waals surface area contributed by atoms with Crippen molar-refractivity contribution in [1.82, 2.24) is 9.36 Å². The van der Waals surface area contributed by atoms with E-state index >= 15 is 0 Å². The fourth-order valence-electron chi connectivity index (χ4n) is 1.41. The van der Waals surface area contributed by atoms with Crippen LogP contribution in [-0.2, 0) is 4.74 Å². The fourth-order valence-corrected chi connectivity index (χ4v) is 1.96. The quantitative estimate of drug-likeness (QED) is 0.837. The van der Waals surface area contributed by atoms with Crippen molar-refractivity contribution in [2.45, 2.75) is 0 Å². The molecule has 0 aliphatic carbocycles. The molecule has 2 rings (SSSR count). The summed E-state index contributed by atoms with van der Waals surface area (Å²) in [5, 5.41) is 5.27. The number of carbonyl (C=O) groups is 2. The summed E-state index contributed by atoms with van der Waals surface area (Å²) in [4.78, 5) is 26.8. The molecule has 0 bridgehead atoms. The van der Waals surface area contributed by atoms with Gasteiger partial charge in [0.1, 0.15) is 5.75 Å². The third-order valence-corrected chi connectivity index (χ3v) is 2.97. The van der Waals surface area contributed by atoms with Crippen LogP contribution >= 0.6 is 11.5 Å². The van der Waals surface area contributed by atoms with Crippen LogP contribution in [0.4, 0.5) is 15.6 Å². The van der Waals surface area contributed by atoms with Crippen molar-refractivity contribution in [3.8, 4) is 5.75 Å². The van der Waals surface area contributed by atoms with Gasteiger partial charge in [-0.25, -0.2) is 9.59 Å². The molecular weight excluding hydrogens is 296 g/mol. The lowest BCUT2D eigenvalue weighted by Crippen LogP contribution is -2.19. The Bertz CT molecular complexity index is 658. The molecule has 2 aromatic rings. The van der Waals surface area contributed by atoms with Crippen LogP contribution in [0, 0.1) is 0 Å². The molecule has 0 radical (unpaired) electrons. The van der Waals surface area contributed by atoms with Crippen molar-refractivity contribution in [1.29, 1.82) is 0 Å². The summed E-state index contributed by atoms with van der Waals surface area (Å²) in [6.45, 7) is 0. The fraction of sp³-hybridized carbons (Fsp3) is 0.167. The molecule has 0 aliphatic rings. The molecule has 2 N–H and O–H groups in total. The molecular formula is C12H12N4O4S. The Morgan fingerprint density at radius 1 is 1.24 bits per heavy atom. The second kappa shape index (κ2) is 6.66. The minimum Gasteiger partial charge on any atom is -0.497 e. The number of esters is 1. The second-order valence-electron chi connectivity index (χ2n) is 3.73. The van der Waals surface area contributed by atoms with Crippen LogP contribution in [0.2, 0.25) is 0 Å². The number of hydrogen-bond donors (Lipinski definition) is 2. The van der Waals surface area contributed by atoms with Gasteiger partial charge in [-0.3, -0.25) is 5.32 Å². The zero-order chi connectivity index (χ0) is 15.2. The molecule has 0 aliphatic heterocycles. The van der Waals surface area contributed by atoms with E-state index in [1.165, 1.54) is 14.2 Å². The number of nitrogens with one attached hydrogen (secondary N) is 2. The topological polar surface area (TPSA) is 102 Å². The van der Waals surface area contributed by atoms with Crippen molar-refractivity contribution < 1.29 is 19.1 Å². The van der Waals surface area contributed by atoms with Crippen LogP contribution in [0.15, 0.2) is 24.3 Å². The van der Waals surface area contributed by atoms with E-state index in [4.69, 9.17) is 4.74 Å². The van der Waals surface area contributed by atoms with Gasteiger partial charge in [-0.2, -0.15) is 9.36 Å². The lowest BCUT2D eigenvalue weighted by Gasteiger charge is -2.06. The lowest BCUT2D eigenvalue weighted by molar-refractivity contribution is 0.0588. The summed E-state index contributed by atoms with van der Waals surface area (Å²) >= 11 is 0.881. The number of amides is 2. The molecule has 0 saturated carbocycles. The number of aromatic nitrogens is 2. The molecule has 21 heavy (non-hydrogen) atoms. The summed E-state index contributed by atoms with van der Waals surface area (Å²) in [5.74, 6) is -0.136. The minimum absolute atomic E-state index is 0.0980. The number of hydrogen-bond acceptors (Lipinski definition) is 7. The van der Waals surface area contributed by atoms with E-state index < -0.39 is 12.0 Å². The highest BCUT2D eigenvalue weighted by Gasteiger charge is 2.14. The van der Waals surface area contributed by atoms with Gasteiger partial charge >= 0.3 is 12.0 Å². The number of urea groups is 1. The second-order valence-corrected chi connectivity index (χ2v) is 4.48. The predicted octanol–water partition coefficient (Wildman–Crippen LogP) is 1.98. The number of carbonyl (C=O) groups excluding carboxylic acids is 2. The van der Waals surface area contributed by atoms with E-state index in [0.717, 1.165) is 11.5 Å². The normalized spacial score (nSPS) is 9.81. The van der Waals surface area contributed by atoms with Crippen LogP contribution < -0.4 is 15.4 Å². The SMILES string of the molecule is COC(=O)c1nsc(NC(=O)Nc2cccc(OC)c2)n1. The van der Waals surface area contributed by atoms with Gasteiger partial charge in [0.25, 0.3) is 5.82 Å². The average Bonchev–Trinajstić information content (AvgIpc) is 2.94. The third kappa shape index (κ3) is 3.89. The van der Waals surface area contributed by atoms with Gasteiger partial charge in [-0.1, -0.05) is 6.07 Å². The largest absolute Gasteiger partial charge is 0.497 e. The van der Waals surface area contributed by atoms with E-state index in [9.17, 15) is 9.59 Å². The summed E-state index contributed by atoms with van der Waals surface area (Å²) in [5.41, 5.74) is 0.560. The van der Waals surface area contributed by atoms with Gasteiger partial charge < -0.3 is 14.8 Å². The summed E-state index contributed by atoms with van der Waals surface area (Å²) in [7, 11) is 2.76. The molecule has 0 spiro atoms. The highest BCUT2D eigenvalue weighted by molar-refractivity contribution is 7.10. The lowest BCUT2D eigenvalue weighted by atomic mass is 10.3. The molecule has 0 unspecified atom stereocenters. The molecule has 1 aromatic heterocycles. The van der Waals surface area contributed by atoms with E-state index in [0.29, 0.717) is 11.4 Å². The van der Waals surface area contributed by atoms with Gasteiger partial charge in [0, 0.05) is 23.3 Å². The number of rotatable bonds is 4. The van der Waals surface area contributed by atoms with Crippen molar-refractivity contribution >= 4 is 34.4 Å². The summed E-state index contributed by atoms with van der Waals surface area (Å²) in [6.07, 6.45) is 0. The van der Waals surface area contributed by atoms with Crippen molar-refractivity contribution in [2.24, 2.45) is 0 Å². The first-order valence-electron chi connectivity index (χ1n) is 5.76. The van der Waals surface area contributed by atoms with Gasteiger partial charge in [0.2, 0.25) is 5.13 Å². The minimum atomic E-state index is -0.660. The first-order valence-corrected chi connectivity index (χ1v) is 6.54. The standard InChI is InChI=1S/C12H12N4O4S/c1-19-8-5-3-4-7(6-8)13-11(18)15-12-14-9(16-21-12)10(17)20-2/h3-6H,1-2H3,(H2,13,14,15,16,18). The molecule has 1 aromatic carbocycles. The van der Waals surface area contributed by atoms with Gasteiger partial charge in [-0.15, -0.1) is 0 Å². The number of ether oxygens (including phenoxy) is 2. The first-order chi connectivity index (χ1) is 10.1. The van der Waals surface area contributed by atoms with Crippen molar-refractivity contribution in [2.75, 3.05) is 24.9 Å². The van der Waals surface area contributed by atoms with Crippen LogP contribution in [-0.4, -0.2) is 35.6 Å². The molecule has 0 fully saturated rings. The smallest absolute Gasteiger partial charge is 0.377 e. The highest BCUT2D eigenvalue weighted by atomic mass is 32.1. The molecule has 2 amide bonds. The molecule has 8 nitrogen and oxygen atoms in total. The molecule has 0 saturated heterocycles. The van der Waals surface area contributed by atoms with Crippen LogP contribution in [0.5, 0.6) is 5.75 Å². The zero-order valence-corrected chi connectivity index (χ0v) is 12.1. The Kier molecular flexibility index (Phi) is 4.67. The Hall–Kier alpha value is -2.68. The van der Waals surface area contributed by atoms with Crippen molar-refractivity contribution in [3.63, 3.8) is 0 Å². The Labute approximate surface area is 124 Å². The summed E-state index contributed by atoms with van der Waals surface area (Å²) in [6, 6.07) is 6.38. The predicted molar refractivity (Wildman–Crippen MR) is 76.9 cm³/mol. The Balaban J connectivity index is 1.98. The van der Waals surface area contributed by atoms with Gasteiger partial charge in [0.05, 0.1) is 14.2 Å². The zero-order valence-electron chi connectivity index (χ0n) is 11.2. The highest BCUT2D eigenvalue weighted by Crippen LogP contribution is 2.17.